The second-order valence-corrected chi connectivity index (χ2v) is 6.87. The van der Waals surface area contributed by atoms with E-state index in [0.717, 1.165) is 52.8 Å². The maximum atomic E-state index is 12.9. The molecule has 0 aliphatic carbocycles. The summed E-state index contributed by atoms with van der Waals surface area (Å²) >= 11 is 6.28. The number of aromatic amines is 1. The second kappa shape index (κ2) is 7.02. The topological polar surface area (TPSA) is 50.3 Å². The van der Waals surface area contributed by atoms with E-state index in [1.165, 1.54) is 0 Å². The lowest BCUT2D eigenvalue weighted by molar-refractivity contribution is 0.244. The van der Waals surface area contributed by atoms with Crippen LogP contribution in [0.15, 0.2) is 53.3 Å². The molecule has 1 aromatic heterocycles. The largest absolute Gasteiger partial charge is 0.497 e. The normalized spacial score (nSPS) is 14.2. The monoisotopic (exact) mass is 369 g/mol. The van der Waals surface area contributed by atoms with Gasteiger partial charge in [-0.05, 0) is 23.8 Å². The van der Waals surface area contributed by atoms with Crippen LogP contribution in [0.25, 0.3) is 5.69 Å². The quantitative estimate of drug-likeness (QED) is 0.767. The van der Waals surface area contributed by atoms with Gasteiger partial charge in [0.1, 0.15) is 5.75 Å². The van der Waals surface area contributed by atoms with Crippen LogP contribution in [-0.4, -0.2) is 28.3 Å². The number of methoxy groups -OCH3 is 1. The van der Waals surface area contributed by atoms with Gasteiger partial charge in [0.2, 0.25) is 0 Å². The zero-order valence-corrected chi connectivity index (χ0v) is 15.3. The molecule has 0 spiro atoms. The van der Waals surface area contributed by atoms with Gasteiger partial charge in [0.15, 0.2) is 0 Å². The minimum absolute atomic E-state index is 0.00267. The first-order valence-electron chi connectivity index (χ1n) is 8.58. The summed E-state index contributed by atoms with van der Waals surface area (Å²) in [4.78, 5) is 15.2. The number of ether oxygens (including phenoxy) is 1. The maximum absolute atomic E-state index is 12.9. The average Bonchev–Trinajstić information content (AvgIpc) is 3.00. The minimum Gasteiger partial charge on any atom is -0.497 e. The Kier molecular flexibility index (Phi) is 4.57. The standard InChI is InChI=1S/C20H20ClN3O2/c1-26-16-7-4-6-15(11-16)24-20(25)17-13-23(10-9-19(17)22-24)12-14-5-2-3-8-18(14)21/h2-8,11,22H,9-10,12-13H2,1H3. The van der Waals surface area contributed by atoms with Crippen molar-refractivity contribution in [3.63, 3.8) is 0 Å². The molecule has 6 heteroatoms. The first-order valence-corrected chi connectivity index (χ1v) is 8.96. The van der Waals surface area contributed by atoms with Crippen molar-refractivity contribution in [3.8, 4) is 11.4 Å². The third-order valence-electron chi connectivity index (χ3n) is 4.80. The molecular formula is C20H20ClN3O2. The van der Waals surface area contributed by atoms with Crippen molar-refractivity contribution in [1.82, 2.24) is 14.7 Å². The molecular weight excluding hydrogens is 350 g/mol. The van der Waals surface area contributed by atoms with E-state index in [4.69, 9.17) is 16.3 Å². The van der Waals surface area contributed by atoms with Gasteiger partial charge in [-0.1, -0.05) is 35.9 Å². The lowest BCUT2D eigenvalue weighted by Crippen LogP contribution is -2.32. The zero-order chi connectivity index (χ0) is 18.1. The fraction of sp³-hybridized carbons (Fsp3) is 0.250. The van der Waals surface area contributed by atoms with E-state index in [9.17, 15) is 4.79 Å². The molecule has 0 unspecified atom stereocenters. The van der Waals surface area contributed by atoms with Crippen molar-refractivity contribution < 1.29 is 4.74 Å². The van der Waals surface area contributed by atoms with Crippen LogP contribution < -0.4 is 10.3 Å². The van der Waals surface area contributed by atoms with E-state index >= 15 is 0 Å². The molecule has 1 aliphatic rings. The van der Waals surface area contributed by atoms with Crippen LogP contribution in [0.2, 0.25) is 5.02 Å². The van der Waals surface area contributed by atoms with Gasteiger partial charge in [0.05, 0.1) is 18.4 Å². The van der Waals surface area contributed by atoms with Gasteiger partial charge in [-0.25, -0.2) is 4.68 Å². The van der Waals surface area contributed by atoms with Gasteiger partial charge in [-0.15, -0.1) is 0 Å². The molecule has 0 atom stereocenters. The van der Waals surface area contributed by atoms with Gasteiger partial charge < -0.3 is 4.74 Å². The number of fused-ring (bicyclic) bond motifs is 1. The summed E-state index contributed by atoms with van der Waals surface area (Å²) in [7, 11) is 1.62. The van der Waals surface area contributed by atoms with Gasteiger partial charge in [0.25, 0.3) is 5.56 Å². The number of nitrogens with zero attached hydrogens (tertiary/aromatic N) is 2. The summed E-state index contributed by atoms with van der Waals surface area (Å²) < 4.78 is 6.87. The number of nitrogens with one attached hydrogen (secondary N) is 1. The first kappa shape index (κ1) is 16.9. The number of benzene rings is 2. The minimum atomic E-state index is -0.00267. The molecule has 0 saturated carbocycles. The Bertz CT molecular complexity index is 993. The van der Waals surface area contributed by atoms with Crippen molar-refractivity contribution >= 4 is 11.6 Å². The van der Waals surface area contributed by atoms with E-state index in [-0.39, 0.29) is 5.56 Å². The molecule has 0 saturated heterocycles. The fourth-order valence-corrected chi connectivity index (χ4v) is 3.59. The zero-order valence-electron chi connectivity index (χ0n) is 14.5. The molecule has 0 amide bonds. The maximum Gasteiger partial charge on any atom is 0.275 e. The van der Waals surface area contributed by atoms with E-state index in [0.29, 0.717) is 6.54 Å². The Balaban J connectivity index is 1.61. The Morgan fingerprint density at radius 3 is 2.85 bits per heavy atom. The molecule has 5 nitrogen and oxygen atoms in total. The second-order valence-electron chi connectivity index (χ2n) is 6.46. The predicted molar refractivity (Wildman–Crippen MR) is 102 cm³/mol. The summed E-state index contributed by atoms with van der Waals surface area (Å²) in [5, 5.41) is 4.03. The number of H-pyrrole nitrogens is 1. The van der Waals surface area contributed by atoms with E-state index in [1.54, 1.807) is 11.8 Å². The summed E-state index contributed by atoms with van der Waals surface area (Å²) in [6, 6.07) is 15.3. The highest BCUT2D eigenvalue weighted by molar-refractivity contribution is 6.31. The molecule has 4 rings (SSSR count). The van der Waals surface area contributed by atoms with Crippen molar-refractivity contribution in [2.75, 3.05) is 13.7 Å². The molecule has 26 heavy (non-hydrogen) atoms. The molecule has 2 aromatic carbocycles. The molecule has 3 aromatic rings. The molecule has 0 bridgehead atoms. The molecule has 0 radical (unpaired) electrons. The van der Waals surface area contributed by atoms with E-state index < -0.39 is 0 Å². The Hall–Kier alpha value is -2.50. The Morgan fingerprint density at radius 1 is 1.19 bits per heavy atom. The summed E-state index contributed by atoms with van der Waals surface area (Å²) in [6.07, 6.45) is 0.812. The van der Waals surface area contributed by atoms with E-state index in [1.807, 2.05) is 48.5 Å². The van der Waals surface area contributed by atoms with Crippen molar-refractivity contribution in [1.29, 1.82) is 0 Å². The fourth-order valence-electron chi connectivity index (χ4n) is 3.39. The lowest BCUT2D eigenvalue weighted by Gasteiger charge is -2.26. The van der Waals surface area contributed by atoms with Crippen LogP contribution in [0.5, 0.6) is 5.75 Å². The lowest BCUT2D eigenvalue weighted by atomic mass is 10.1. The highest BCUT2D eigenvalue weighted by atomic mass is 35.5. The third-order valence-corrected chi connectivity index (χ3v) is 5.16. The van der Waals surface area contributed by atoms with Crippen molar-refractivity contribution in [2.24, 2.45) is 0 Å². The molecule has 1 N–H and O–H groups in total. The molecule has 2 heterocycles. The van der Waals surface area contributed by atoms with Crippen LogP contribution in [0.1, 0.15) is 16.8 Å². The molecule has 0 fully saturated rings. The summed E-state index contributed by atoms with van der Waals surface area (Å²) in [6.45, 7) is 2.24. The molecule has 134 valence electrons. The number of hydrogen-bond donors (Lipinski definition) is 1. The van der Waals surface area contributed by atoms with Gasteiger partial charge in [-0.2, -0.15) is 0 Å². The highest BCUT2D eigenvalue weighted by Gasteiger charge is 2.23. The number of hydrogen-bond acceptors (Lipinski definition) is 3. The van der Waals surface area contributed by atoms with Gasteiger partial charge >= 0.3 is 0 Å². The smallest absolute Gasteiger partial charge is 0.275 e. The number of rotatable bonds is 4. The van der Waals surface area contributed by atoms with Crippen molar-refractivity contribution in [3.05, 3.63) is 80.7 Å². The SMILES string of the molecule is COc1cccc(-n2[nH]c3c(c2=O)CN(Cc2ccccc2Cl)CC3)c1. The van der Waals surface area contributed by atoms with Crippen LogP contribution in [0.4, 0.5) is 0 Å². The van der Waals surface area contributed by atoms with Gasteiger partial charge in [-0.3, -0.25) is 14.8 Å². The van der Waals surface area contributed by atoms with Crippen LogP contribution in [0, 0.1) is 0 Å². The summed E-state index contributed by atoms with van der Waals surface area (Å²) in [5.74, 6) is 0.724. The average molecular weight is 370 g/mol. The van der Waals surface area contributed by atoms with Crippen LogP contribution >= 0.6 is 11.6 Å². The predicted octanol–water partition coefficient (Wildman–Crippen LogP) is 3.39. The number of halogens is 1. The Morgan fingerprint density at radius 2 is 2.04 bits per heavy atom. The molecule has 1 aliphatic heterocycles. The number of aromatic nitrogens is 2. The van der Waals surface area contributed by atoms with Crippen molar-refractivity contribution in [2.45, 2.75) is 19.5 Å². The third kappa shape index (κ3) is 3.16. The van der Waals surface area contributed by atoms with E-state index in [2.05, 4.69) is 10.00 Å². The van der Waals surface area contributed by atoms with Crippen LogP contribution in [-0.2, 0) is 19.5 Å². The Labute approximate surface area is 156 Å². The van der Waals surface area contributed by atoms with Gasteiger partial charge in [0, 0.05) is 42.8 Å². The van der Waals surface area contributed by atoms with Crippen LogP contribution in [0.3, 0.4) is 0 Å². The summed E-state index contributed by atoms with van der Waals surface area (Å²) in [5.41, 5.74) is 3.69. The highest BCUT2D eigenvalue weighted by Crippen LogP contribution is 2.22. The first-order chi connectivity index (χ1) is 12.7.